The van der Waals surface area contributed by atoms with Crippen molar-refractivity contribution in [2.45, 2.75) is 6.61 Å². The Morgan fingerprint density at radius 3 is 2.63 bits per heavy atom. The molecule has 2 rings (SSSR count). The van der Waals surface area contributed by atoms with Crippen molar-refractivity contribution in [3.8, 4) is 10.8 Å². The summed E-state index contributed by atoms with van der Waals surface area (Å²) in [4.78, 5) is 11.2. The minimum atomic E-state index is -1.03. The van der Waals surface area contributed by atoms with E-state index in [0.717, 1.165) is 16.9 Å². The normalized spacial score (nSPS) is 10.2. The van der Waals surface area contributed by atoms with Gasteiger partial charge < -0.3 is 14.6 Å². The van der Waals surface area contributed by atoms with Crippen molar-refractivity contribution in [3.05, 3.63) is 45.8 Å². The van der Waals surface area contributed by atoms with E-state index in [1.165, 1.54) is 7.11 Å². The van der Waals surface area contributed by atoms with Crippen LogP contribution < -0.4 is 9.47 Å². The number of carbonyl (C=O) groups is 1. The first-order chi connectivity index (χ1) is 9.10. The van der Waals surface area contributed by atoms with Crippen molar-refractivity contribution in [1.29, 1.82) is 0 Å². The lowest BCUT2D eigenvalue weighted by molar-refractivity contribution is 0.0697. The van der Waals surface area contributed by atoms with Gasteiger partial charge in [-0.2, -0.15) is 0 Å². The lowest BCUT2D eigenvalue weighted by Crippen LogP contribution is -1.99. The third kappa shape index (κ3) is 3.39. The highest BCUT2D eigenvalue weighted by molar-refractivity contribution is 7.16. The van der Waals surface area contributed by atoms with Crippen LogP contribution in [-0.4, -0.2) is 18.2 Å². The molecule has 0 spiro atoms. The number of aromatic carboxylic acids is 1. The molecule has 0 saturated carbocycles. The first-order valence-electron chi connectivity index (χ1n) is 5.38. The Morgan fingerprint density at radius 1 is 1.37 bits per heavy atom. The maximum atomic E-state index is 11.1. The lowest BCUT2D eigenvalue weighted by Gasteiger charge is -2.05. The predicted molar refractivity (Wildman–Crippen MR) is 73.6 cm³/mol. The first kappa shape index (κ1) is 13.7. The number of carboxylic acid groups (broad SMARTS) is 1. The second-order valence-corrected chi connectivity index (χ2v) is 5.13. The number of benzene rings is 1. The zero-order valence-electron chi connectivity index (χ0n) is 10.1. The SMILES string of the molecule is COc1cc(OCc2ccc(Cl)cc2)c(C(=O)O)s1. The second kappa shape index (κ2) is 5.95. The van der Waals surface area contributed by atoms with Crippen LogP contribution in [0.3, 0.4) is 0 Å². The molecule has 0 radical (unpaired) electrons. The molecule has 0 fully saturated rings. The van der Waals surface area contributed by atoms with Crippen molar-refractivity contribution in [2.75, 3.05) is 7.11 Å². The molecule has 1 aromatic carbocycles. The molecule has 100 valence electrons. The maximum Gasteiger partial charge on any atom is 0.349 e. The Balaban J connectivity index is 2.12. The highest BCUT2D eigenvalue weighted by atomic mass is 35.5. The quantitative estimate of drug-likeness (QED) is 0.914. The van der Waals surface area contributed by atoms with E-state index in [9.17, 15) is 4.79 Å². The minimum absolute atomic E-state index is 0.130. The van der Waals surface area contributed by atoms with E-state index in [0.29, 0.717) is 15.8 Å². The van der Waals surface area contributed by atoms with Gasteiger partial charge in [-0.05, 0) is 17.7 Å². The Kier molecular flexibility index (Phi) is 4.29. The van der Waals surface area contributed by atoms with Crippen LogP contribution in [-0.2, 0) is 6.61 Å². The van der Waals surface area contributed by atoms with Gasteiger partial charge in [0.2, 0.25) is 0 Å². The van der Waals surface area contributed by atoms with Crippen molar-refractivity contribution < 1.29 is 19.4 Å². The standard InChI is InChI=1S/C13H11ClO4S/c1-17-11-6-10(12(19-11)13(15)16)18-7-8-2-4-9(14)5-3-8/h2-6H,7H2,1H3,(H,15,16). The Morgan fingerprint density at radius 2 is 2.05 bits per heavy atom. The van der Waals surface area contributed by atoms with Crippen molar-refractivity contribution >= 4 is 28.9 Å². The van der Waals surface area contributed by atoms with Crippen molar-refractivity contribution in [2.24, 2.45) is 0 Å². The van der Waals surface area contributed by atoms with Crippen LogP contribution in [0.15, 0.2) is 30.3 Å². The van der Waals surface area contributed by atoms with Crippen molar-refractivity contribution in [3.63, 3.8) is 0 Å². The first-order valence-corrected chi connectivity index (χ1v) is 6.58. The van der Waals surface area contributed by atoms with Gasteiger partial charge in [-0.25, -0.2) is 4.79 Å². The van der Waals surface area contributed by atoms with E-state index in [1.807, 2.05) is 12.1 Å². The van der Waals surface area contributed by atoms with Crippen molar-refractivity contribution in [1.82, 2.24) is 0 Å². The molecule has 0 aliphatic carbocycles. The molecule has 4 nitrogen and oxygen atoms in total. The molecule has 19 heavy (non-hydrogen) atoms. The summed E-state index contributed by atoms with van der Waals surface area (Å²) >= 11 is 6.82. The molecule has 0 amide bonds. The zero-order valence-corrected chi connectivity index (χ0v) is 11.6. The van der Waals surface area contributed by atoms with Crippen LogP contribution in [0, 0.1) is 0 Å². The summed E-state index contributed by atoms with van der Waals surface area (Å²) < 4.78 is 10.5. The summed E-state index contributed by atoms with van der Waals surface area (Å²) in [5, 5.41) is 10.2. The van der Waals surface area contributed by atoms with Crippen LogP contribution in [0.2, 0.25) is 5.02 Å². The molecule has 2 aromatic rings. The summed E-state index contributed by atoms with van der Waals surface area (Å²) in [6, 6.07) is 8.74. The van der Waals surface area contributed by atoms with E-state index in [-0.39, 0.29) is 11.5 Å². The fourth-order valence-electron chi connectivity index (χ4n) is 1.45. The number of ether oxygens (including phenoxy) is 2. The number of hydrogen-bond acceptors (Lipinski definition) is 4. The van der Waals surface area contributed by atoms with Crippen LogP contribution in [0.5, 0.6) is 10.8 Å². The Labute approximate surface area is 119 Å². The van der Waals surface area contributed by atoms with E-state index in [1.54, 1.807) is 18.2 Å². The van der Waals surface area contributed by atoms with Gasteiger partial charge >= 0.3 is 5.97 Å². The highest BCUT2D eigenvalue weighted by Gasteiger charge is 2.17. The molecule has 6 heteroatoms. The molecule has 0 aliphatic heterocycles. The lowest BCUT2D eigenvalue weighted by atomic mass is 10.2. The zero-order chi connectivity index (χ0) is 13.8. The number of halogens is 1. The number of hydrogen-bond donors (Lipinski definition) is 1. The minimum Gasteiger partial charge on any atom is -0.487 e. The summed E-state index contributed by atoms with van der Waals surface area (Å²) in [7, 11) is 1.49. The maximum absolute atomic E-state index is 11.1. The van der Waals surface area contributed by atoms with Crippen LogP contribution in [0.4, 0.5) is 0 Å². The van der Waals surface area contributed by atoms with Crippen LogP contribution >= 0.6 is 22.9 Å². The average molecular weight is 299 g/mol. The van der Waals surface area contributed by atoms with Crippen LogP contribution in [0.25, 0.3) is 0 Å². The van der Waals surface area contributed by atoms with Gasteiger partial charge in [0.1, 0.15) is 12.4 Å². The fraction of sp³-hybridized carbons (Fsp3) is 0.154. The fourth-order valence-corrected chi connectivity index (χ4v) is 2.33. The Bertz CT molecular complexity index is 577. The van der Waals surface area contributed by atoms with Gasteiger partial charge in [0.15, 0.2) is 9.94 Å². The number of rotatable bonds is 5. The smallest absolute Gasteiger partial charge is 0.349 e. The van der Waals surface area contributed by atoms with E-state index < -0.39 is 5.97 Å². The number of carboxylic acids is 1. The largest absolute Gasteiger partial charge is 0.487 e. The topological polar surface area (TPSA) is 55.8 Å². The predicted octanol–water partition coefficient (Wildman–Crippen LogP) is 3.69. The molecule has 0 aliphatic rings. The third-order valence-electron chi connectivity index (χ3n) is 2.38. The van der Waals surface area contributed by atoms with Crippen LogP contribution in [0.1, 0.15) is 15.2 Å². The van der Waals surface area contributed by atoms with Gasteiger partial charge in [0.25, 0.3) is 0 Å². The second-order valence-electron chi connectivity index (χ2n) is 3.68. The third-order valence-corrected chi connectivity index (χ3v) is 3.70. The average Bonchev–Trinajstić information content (AvgIpc) is 2.81. The highest BCUT2D eigenvalue weighted by Crippen LogP contribution is 2.35. The number of methoxy groups -OCH3 is 1. The molecule has 1 heterocycles. The Hall–Kier alpha value is -1.72. The molecule has 0 bridgehead atoms. The monoisotopic (exact) mass is 298 g/mol. The van der Waals surface area contributed by atoms with Gasteiger partial charge in [0, 0.05) is 11.1 Å². The van der Waals surface area contributed by atoms with E-state index >= 15 is 0 Å². The van der Waals surface area contributed by atoms with Gasteiger partial charge in [-0.3, -0.25) is 0 Å². The summed E-state index contributed by atoms with van der Waals surface area (Å²) in [6.07, 6.45) is 0. The summed E-state index contributed by atoms with van der Waals surface area (Å²) in [5.74, 6) is -0.719. The summed E-state index contributed by atoms with van der Waals surface area (Å²) in [5.41, 5.74) is 0.908. The van der Waals surface area contributed by atoms with Gasteiger partial charge in [0.05, 0.1) is 7.11 Å². The molecule has 1 N–H and O–H groups in total. The van der Waals surface area contributed by atoms with Gasteiger partial charge in [-0.1, -0.05) is 35.1 Å². The molecule has 0 atom stereocenters. The summed E-state index contributed by atoms with van der Waals surface area (Å²) in [6.45, 7) is 0.275. The van der Waals surface area contributed by atoms with Gasteiger partial charge in [-0.15, -0.1) is 0 Å². The molecule has 0 unspecified atom stereocenters. The molecular weight excluding hydrogens is 288 g/mol. The van der Waals surface area contributed by atoms with E-state index in [4.69, 9.17) is 26.2 Å². The number of thiophene rings is 1. The molecule has 1 aromatic heterocycles. The van der Waals surface area contributed by atoms with E-state index in [2.05, 4.69) is 0 Å². The molecular formula is C13H11ClO4S. The molecule has 0 saturated heterocycles.